The molecule has 1 amide bonds. The molecular weight excluding hydrogens is 256 g/mol. The molecule has 19 heavy (non-hydrogen) atoms. The number of hydrogen-bond donors (Lipinski definition) is 0. The normalized spacial score (nSPS) is 19.7. The lowest BCUT2D eigenvalue weighted by Crippen LogP contribution is -2.43. The Morgan fingerprint density at radius 3 is 3.05 bits per heavy atom. The first-order chi connectivity index (χ1) is 9.16. The van der Waals surface area contributed by atoms with E-state index < -0.39 is 0 Å². The molecule has 0 N–H and O–H groups in total. The van der Waals surface area contributed by atoms with Gasteiger partial charge in [-0.25, -0.2) is 0 Å². The van der Waals surface area contributed by atoms with Crippen molar-refractivity contribution in [3.8, 4) is 0 Å². The topological polar surface area (TPSA) is 33.2 Å². The molecule has 0 spiro atoms. The molecule has 1 fully saturated rings. The van der Waals surface area contributed by atoms with Crippen LogP contribution >= 0.6 is 11.8 Å². The first-order valence-electron chi connectivity index (χ1n) is 6.96. The molecule has 2 rings (SSSR count). The van der Waals surface area contributed by atoms with Crippen LogP contribution in [0.5, 0.6) is 0 Å². The molecule has 0 aliphatic carbocycles. The summed E-state index contributed by atoms with van der Waals surface area (Å²) in [6.07, 6.45) is 3.11. The van der Waals surface area contributed by atoms with E-state index in [1.165, 1.54) is 0 Å². The van der Waals surface area contributed by atoms with Gasteiger partial charge in [-0.3, -0.25) is 9.78 Å². The molecule has 1 aliphatic rings. The van der Waals surface area contributed by atoms with E-state index in [9.17, 15) is 4.79 Å². The van der Waals surface area contributed by atoms with Gasteiger partial charge >= 0.3 is 0 Å². The zero-order valence-electron chi connectivity index (χ0n) is 11.7. The van der Waals surface area contributed by atoms with Crippen LogP contribution in [-0.2, 0) is 11.2 Å². The number of aryl methyl sites for hydroxylation is 1. The number of thioether (sulfide) groups is 1. The molecule has 1 saturated heterocycles. The third-order valence-electron chi connectivity index (χ3n) is 3.51. The maximum atomic E-state index is 12.2. The maximum absolute atomic E-state index is 12.2. The van der Waals surface area contributed by atoms with Crippen LogP contribution in [0, 0.1) is 5.92 Å². The van der Waals surface area contributed by atoms with Gasteiger partial charge in [-0.1, -0.05) is 19.9 Å². The molecule has 0 aromatic carbocycles. The molecule has 1 aliphatic heterocycles. The van der Waals surface area contributed by atoms with E-state index in [0.29, 0.717) is 17.6 Å². The van der Waals surface area contributed by atoms with Crippen LogP contribution in [0.2, 0.25) is 0 Å². The van der Waals surface area contributed by atoms with Crippen molar-refractivity contribution in [2.75, 3.05) is 18.8 Å². The van der Waals surface area contributed by atoms with E-state index in [4.69, 9.17) is 0 Å². The van der Waals surface area contributed by atoms with Crippen LogP contribution in [0.1, 0.15) is 26.0 Å². The van der Waals surface area contributed by atoms with E-state index in [-0.39, 0.29) is 5.91 Å². The molecule has 0 bridgehead atoms. The first-order valence-corrected chi connectivity index (χ1v) is 8.01. The standard InChI is InChI=1S/C15H22N2OS/c1-12(2)14-11-17(9-10-19-14)15(18)7-6-13-5-3-4-8-16-13/h3-5,8,12,14H,6-7,9-11H2,1-2H3/t14-/m1/s1. The van der Waals surface area contributed by atoms with Crippen LogP contribution in [0.3, 0.4) is 0 Å². The Labute approximate surface area is 119 Å². The van der Waals surface area contributed by atoms with Crippen molar-refractivity contribution in [2.24, 2.45) is 5.92 Å². The molecule has 104 valence electrons. The van der Waals surface area contributed by atoms with Gasteiger partial charge in [0.05, 0.1) is 0 Å². The fraction of sp³-hybridized carbons (Fsp3) is 0.600. The van der Waals surface area contributed by atoms with Gasteiger partial charge in [-0.2, -0.15) is 11.8 Å². The number of hydrogen-bond acceptors (Lipinski definition) is 3. The Morgan fingerprint density at radius 1 is 1.53 bits per heavy atom. The monoisotopic (exact) mass is 278 g/mol. The summed E-state index contributed by atoms with van der Waals surface area (Å²) < 4.78 is 0. The molecule has 1 aromatic rings. The molecule has 1 aromatic heterocycles. The van der Waals surface area contributed by atoms with Crippen LogP contribution in [-0.4, -0.2) is 39.9 Å². The van der Waals surface area contributed by atoms with Crippen molar-refractivity contribution >= 4 is 17.7 Å². The minimum atomic E-state index is 0.275. The lowest BCUT2D eigenvalue weighted by Gasteiger charge is -2.34. The fourth-order valence-electron chi connectivity index (χ4n) is 2.24. The Morgan fingerprint density at radius 2 is 2.37 bits per heavy atom. The SMILES string of the molecule is CC(C)[C@H]1CN(C(=O)CCc2ccccn2)CCS1. The quantitative estimate of drug-likeness (QED) is 0.849. The largest absolute Gasteiger partial charge is 0.341 e. The van der Waals surface area contributed by atoms with Gasteiger partial charge in [-0.15, -0.1) is 0 Å². The molecule has 1 atom stereocenters. The average molecular weight is 278 g/mol. The predicted octanol–water partition coefficient (Wildman–Crippen LogP) is 2.61. The molecular formula is C15H22N2OS. The van der Waals surface area contributed by atoms with Crippen molar-refractivity contribution < 1.29 is 4.79 Å². The van der Waals surface area contributed by atoms with Crippen molar-refractivity contribution in [1.82, 2.24) is 9.88 Å². The Hall–Kier alpha value is -1.03. The zero-order valence-corrected chi connectivity index (χ0v) is 12.5. The van der Waals surface area contributed by atoms with Crippen molar-refractivity contribution in [1.29, 1.82) is 0 Å². The van der Waals surface area contributed by atoms with E-state index >= 15 is 0 Å². The molecule has 2 heterocycles. The van der Waals surface area contributed by atoms with E-state index in [1.807, 2.05) is 34.9 Å². The minimum absolute atomic E-state index is 0.275. The van der Waals surface area contributed by atoms with Crippen LogP contribution in [0.4, 0.5) is 0 Å². The third kappa shape index (κ3) is 4.23. The van der Waals surface area contributed by atoms with Gasteiger partial charge in [0.25, 0.3) is 0 Å². The van der Waals surface area contributed by atoms with Crippen LogP contribution in [0.15, 0.2) is 24.4 Å². The smallest absolute Gasteiger partial charge is 0.223 e. The summed E-state index contributed by atoms with van der Waals surface area (Å²) in [6.45, 7) is 6.28. The van der Waals surface area contributed by atoms with Crippen molar-refractivity contribution in [3.05, 3.63) is 30.1 Å². The molecule has 3 nitrogen and oxygen atoms in total. The highest BCUT2D eigenvalue weighted by molar-refractivity contribution is 8.00. The summed E-state index contributed by atoms with van der Waals surface area (Å²) in [5.41, 5.74) is 1.00. The summed E-state index contributed by atoms with van der Waals surface area (Å²) >= 11 is 2.00. The second-order valence-electron chi connectivity index (χ2n) is 5.31. The second-order valence-corrected chi connectivity index (χ2v) is 6.66. The van der Waals surface area contributed by atoms with E-state index in [2.05, 4.69) is 18.8 Å². The van der Waals surface area contributed by atoms with Crippen molar-refractivity contribution in [3.63, 3.8) is 0 Å². The lowest BCUT2D eigenvalue weighted by atomic mass is 10.1. The van der Waals surface area contributed by atoms with E-state index in [0.717, 1.165) is 31.0 Å². The van der Waals surface area contributed by atoms with Crippen LogP contribution in [0.25, 0.3) is 0 Å². The van der Waals surface area contributed by atoms with Crippen molar-refractivity contribution in [2.45, 2.75) is 31.9 Å². The lowest BCUT2D eigenvalue weighted by molar-refractivity contribution is -0.131. The second kappa shape index (κ2) is 6.94. The first kappa shape index (κ1) is 14.4. The molecule has 0 unspecified atom stereocenters. The highest BCUT2D eigenvalue weighted by Gasteiger charge is 2.25. The Balaban J connectivity index is 1.83. The number of rotatable bonds is 4. The van der Waals surface area contributed by atoms with Gasteiger partial charge in [0.1, 0.15) is 0 Å². The summed E-state index contributed by atoms with van der Waals surface area (Å²) in [4.78, 5) is 18.5. The van der Waals surface area contributed by atoms with E-state index in [1.54, 1.807) is 6.20 Å². The van der Waals surface area contributed by atoms with Gasteiger partial charge < -0.3 is 4.90 Å². The number of nitrogens with zero attached hydrogens (tertiary/aromatic N) is 2. The Kier molecular flexibility index (Phi) is 5.25. The highest BCUT2D eigenvalue weighted by Crippen LogP contribution is 2.25. The summed E-state index contributed by atoms with van der Waals surface area (Å²) in [7, 11) is 0. The molecule has 4 heteroatoms. The number of pyridine rings is 1. The highest BCUT2D eigenvalue weighted by atomic mass is 32.2. The maximum Gasteiger partial charge on any atom is 0.223 e. The molecule has 0 radical (unpaired) electrons. The van der Waals surface area contributed by atoms with Gasteiger partial charge in [0, 0.05) is 42.4 Å². The van der Waals surface area contributed by atoms with Gasteiger partial charge in [-0.05, 0) is 24.5 Å². The third-order valence-corrected chi connectivity index (χ3v) is 5.05. The van der Waals surface area contributed by atoms with Gasteiger partial charge in [0.15, 0.2) is 0 Å². The Bertz CT molecular complexity index is 408. The van der Waals surface area contributed by atoms with Gasteiger partial charge in [0.2, 0.25) is 5.91 Å². The van der Waals surface area contributed by atoms with Crippen LogP contribution < -0.4 is 0 Å². The predicted molar refractivity (Wildman–Crippen MR) is 80.2 cm³/mol. The zero-order chi connectivity index (χ0) is 13.7. The number of carbonyl (C=O) groups excluding carboxylic acids is 1. The number of carbonyl (C=O) groups is 1. The number of aromatic nitrogens is 1. The minimum Gasteiger partial charge on any atom is -0.341 e. The molecule has 0 saturated carbocycles. The fourth-order valence-corrected chi connectivity index (χ4v) is 3.54. The summed E-state index contributed by atoms with van der Waals surface area (Å²) in [5, 5.41) is 0.590. The average Bonchev–Trinajstić information content (AvgIpc) is 2.46. The summed E-state index contributed by atoms with van der Waals surface area (Å²) in [6, 6.07) is 5.86. The summed E-state index contributed by atoms with van der Waals surface area (Å²) in [5.74, 6) is 1.98. The number of amides is 1.